The summed E-state index contributed by atoms with van der Waals surface area (Å²) in [6, 6.07) is 88.9. The van der Waals surface area contributed by atoms with E-state index in [0.717, 1.165) is 0 Å². The second kappa shape index (κ2) is 15.9. The van der Waals surface area contributed by atoms with Gasteiger partial charge in [0.05, 0.1) is 0 Å². The summed E-state index contributed by atoms with van der Waals surface area (Å²) in [5, 5.41) is 4.93. The van der Waals surface area contributed by atoms with Crippen molar-refractivity contribution >= 4 is 32.9 Å². The molecule has 0 atom stereocenters. The molecule has 0 amide bonds. The number of hydrogen-bond acceptors (Lipinski definition) is 1. The lowest BCUT2D eigenvalue weighted by Crippen LogP contribution is -1.94. The number of fused-ring (bicyclic) bond motifs is 2. The Morgan fingerprint density at radius 2 is 0.492 bits per heavy atom. The average Bonchev–Trinajstić information content (AvgIpc) is 3.85. The molecule has 0 bridgehead atoms. The third-order valence-electron chi connectivity index (χ3n) is 11.8. The highest BCUT2D eigenvalue weighted by atomic mass is 32.1. The molecule has 286 valence electrons. The van der Waals surface area contributed by atoms with Crippen LogP contribution in [0.15, 0.2) is 243 Å². The van der Waals surface area contributed by atoms with Crippen LogP contribution in [0.3, 0.4) is 0 Å². The highest BCUT2D eigenvalue weighted by molar-refractivity contribution is 7.18. The van der Waals surface area contributed by atoms with Crippen molar-refractivity contribution < 1.29 is 0 Å². The summed E-state index contributed by atoms with van der Waals surface area (Å²) in [6.07, 6.45) is 0. The Morgan fingerprint density at radius 1 is 0.180 bits per heavy atom. The molecule has 61 heavy (non-hydrogen) atoms. The van der Waals surface area contributed by atoms with Crippen LogP contribution in [0.4, 0.5) is 0 Å². The number of thiophene rings is 1. The van der Waals surface area contributed by atoms with E-state index in [9.17, 15) is 0 Å². The summed E-state index contributed by atoms with van der Waals surface area (Å²) in [4.78, 5) is 2.52. The van der Waals surface area contributed by atoms with Gasteiger partial charge in [-0.15, -0.1) is 11.3 Å². The third kappa shape index (κ3) is 7.06. The molecule has 0 aliphatic carbocycles. The van der Waals surface area contributed by atoms with Gasteiger partial charge in [0.1, 0.15) is 0 Å². The van der Waals surface area contributed by atoms with Crippen molar-refractivity contribution in [3.05, 3.63) is 243 Å². The molecule has 0 saturated carbocycles. The molecule has 0 saturated heterocycles. The highest BCUT2D eigenvalue weighted by Gasteiger charge is 2.21. The van der Waals surface area contributed by atoms with E-state index in [-0.39, 0.29) is 0 Å². The molecule has 11 aromatic rings. The summed E-state index contributed by atoms with van der Waals surface area (Å²) in [5.74, 6) is 0. The molecule has 0 nitrogen and oxygen atoms in total. The number of rotatable bonds is 8. The molecule has 1 heterocycles. The minimum Gasteiger partial charge on any atom is -0.135 e. The fraction of sp³-hybridized carbons (Fsp3) is 0. The van der Waals surface area contributed by atoms with Crippen LogP contribution in [0, 0.1) is 0 Å². The first-order valence-electron chi connectivity index (χ1n) is 20.9. The second-order valence-corrected chi connectivity index (χ2v) is 16.7. The first kappa shape index (κ1) is 36.5. The van der Waals surface area contributed by atoms with Crippen LogP contribution in [0.1, 0.15) is 0 Å². The Labute approximate surface area is 361 Å². The van der Waals surface area contributed by atoms with Crippen molar-refractivity contribution in [3.63, 3.8) is 0 Å². The molecule has 0 aliphatic heterocycles. The average molecular weight is 793 g/mol. The minimum absolute atomic E-state index is 1.20. The van der Waals surface area contributed by atoms with E-state index >= 15 is 0 Å². The van der Waals surface area contributed by atoms with E-state index in [4.69, 9.17) is 0 Å². The standard InChI is InChI=1S/C60H40S/c1-6-18-41(19-7-1)47-34-48(42-20-8-2-9-21-42)37-51(36-47)59-53-28-16-17-29-54(53)60(52-38-49(43-22-10-3-11-23-43)35-50(39-52)44-24-12-4-13-25-44)56-40-46(30-31-55(56)59)58-33-32-57(61-58)45-26-14-5-15-27-45/h1-40H. The molecule has 0 spiro atoms. The van der Waals surface area contributed by atoms with Gasteiger partial charge in [0, 0.05) is 9.75 Å². The van der Waals surface area contributed by atoms with Crippen molar-refractivity contribution in [2.24, 2.45) is 0 Å². The van der Waals surface area contributed by atoms with E-state index in [0.29, 0.717) is 0 Å². The molecule has 0 radical (unpaired) electrons. The fourth-order valence-electron chi connectivity index (χ4n) is 8.94. The molecule has 0 aliphatic rings. The predicted octanol–water partition coefficient (Wildman–Crippen LogP) is 17.4. The van der Waals surface area contributed by atoms with Gasteiger partial charge < -0.3 is 0 Å². The van der Waals surface area contributed by atoms with Crippen LogP contribution in [-0.2, 0) is 0 Å². The van der Waals surface area contributed by atoms with Crippen molar-refractivity contribution in [2.75, 3.05) is 0 Å². The largest absolute Gasteiger partial charge is 0.135 e. The van der Waals surface area contributed by atoms with E-state index < -0.39 is 0 Å². The van der Waals surface area contributed by atoms with Crippen molar-refractivity contribution in [3.8, 4) is 87.6 Å². The summed E-state index contributed by atoms with van der Waals surface area (Å²) < 4.78 is 0. The van der Waals surface area contributed by atoms with Crippen LogP contribution in [0.2, 0.25) is 0 Å². The lowest BCUT2D eigenvalue weighted by Gasteiger charge is -2.21. The highest BCUT2D eigenvalue weighted by Crippen LogP contribution is 2.48. The van der Waals surface area contributed by atoms with Crippen LogP contribution >= 0.6 is 11.3 Å². The molecular weight excluding hydrogens is 753 g/mol. The predicted molar refractivity (Wildman–Crippen MR) is 263 cm³/mol. The normalized spacial score (nSPS) is 11.3. The first-order chi connectivity index (χ1) is 30.2. The summed E-state index contributed by atoms with van der Waals surface area (Å²) >= 11 is 1.85. The zero-order valence-electron chi connectivity index (χ0n) is 33.5. The van der Waals surface area contributed by atoms with Gasteiger partial charge in [0.25, 0.3) is 0 Å². The smallest absolute Gasteiger partial charge is 0.0349 e. The second-order valence-electron chi connectivity index (χ2n) is 15.6. The Kier molecular flexibility index (Phi) is 9.50. The van der Waals surface area contributed by atoms with Crippen molar-refractivity contribution in [1.29, 1.82) is 0 Å². The van der Waals surface area contributed by atoms with E-state index in [1.807, 2.05) is 11.3 Å². The lowest BCUT2D eigenvalue weighted by atomic mass is 9.83. The molecule has 0 fully saturated rings. The monoisotopic (exact) mass is 792 g/mol. The molecule has 0 unspecified atom stereocenters. The van der Waals surface area contributed by atoms with Crippen LogP contribution in [0.5, 0.6) is 0 Å². The molecule has 10 aromatic carbocycles. The van der Waals surface area contributed by atoms with Crippen LogP contribution < -0.4 is 0 Å². The fourth-order valence-corrected chi connectivity index (χ4v) is 9.95. The summed E-state index contributed by atoms with van der Waals surface area (Å²) in [7, 11) is 0. The van der Waals surface area contributed by atoms with Gasteiger partial charge in [-0.3, -0.25) is 0 Å². The van der Waals surface area contributed by atoms with E-state index in [2.05, 4.69) is 243 Å². The Balaban J connectivity index is 1.23. The Hall–Kier alpha value is -7.58. The van der Waals surface area contributed by atoms with Crippen molar-refractivity contribution in [2.45, 2.75) is 0 Å². The zero-order chi connectivity index (χ0) is 40.5. The van der Waals surface area contributed by atoms with Gasteiger partial charge in [-0.05, 0) is 154 Å². The van der Waals surface area contributed by atoms with Gasteiger partial charge in [-0.2, -0.15) is 0 Å². The van der Waals surface area contributed by atoms with Crippen LogP contribution in [-0.4, -0.2) is 0 Å². The van der Waals surface area contributed by atoms with Crippen LogP contribution in [0.25, 0.3) is 109 Å². The van der Waals surface area contributed by atoms with Gasteiger partial charge in [0.2, 0.25) is 0 Å². The first-order valence-corrected chi connectivity index (χ1v) is 21.7. The topological polar surface area (TPSA) is 0 Å². The number of benzene rings is 10. The van der Waals surface area contributed by atoms with Gasteiger partial charge in [0.15, 0.2) is 0 Å². The quantitative estimate of drug-likeness (QED) is 0.134. The molecule has 1 aromatic heterocycles. The lowest BCUT2D eigenvalue weighted by molar-refractivity contribution is 1.57. The molecular formula is C60H40S. The molecule has 0 N–H and O–H groups in total. The van der Waals surface area contributed by atoms with Gasteiger partial charge in [-0.25, -0.2) is 0 Å². The van der Waals surface area contributed by atoms with Gasteiger partial charge >= 0.3 is 0 Å². The SMILES string of the molecule is c1ccc(-c2cc(-c3ccccc3)cc(-c3c4ccccc4c(-c4cc(-c5ccccc5)cc(-c5ccccc5)c4)c4cc(-c5ccc(-c6ccccc6)s5)ccc34)c2)cc1. The minimum atomic E-state index is 1.20. The summed E-state index contributed by atoms with van der Waals surface area (Å²) in [5.41, 5.74) is 16.9. The Morgan fingerprint density at radius 3 is 0.902 bits per heavy atom. The van der Waals surface area contributed by atoms with E-state index in [1.165, 1.54) is 109 Å². The van der Waals surface area contributed by atoms with Gasteiger partial charge in [-0.1, -0.05) is 188 Å². The Bertz CT molecular complexity index is 3200. The van der Waals surface area contributed by atoms with E-state index in [1.54, 1.807) is 0 Å². The maximum absolute atomic E-state index is 2.46. The molecule has 11 rings (SSSR count). The maximum Gasteiger partial charge on any atom is 0.0349 e. The number of hydrogen-bond donors (Lipinski definition) is 0. The third-order valence-corrected chi connectivity index (χ3v) is 13.0. The summed E-state index contributed by atoms with van der Waals surface area (Å²) in [6.45, 7) is 0. The zero-order valence-corrected chi connectivity index (χ0v) is 34.3. The van der Waals surface area contributed by atoms with Crippen molar-refractivity contribution in [1.82, 2.24) is 0 Å². The maximum atomic E-state index is 2.46. The molecule has 1 heteroatoms.